The number of carbonyl (C=O) groups excluding carboxylic acids is 12. The molecule has 47 heteroatoms. The largest absolute Gasteiger partial charge is 0.508 e. The lowest BCUT2D eigenvalue weighted by atomic mass is 9.92. The summed E-state index contributed by atoms with van der Waals surface area (Å²) in [6.45, 7) is 12.3. The second-order valence-electron chi connectivity index (χ2n) is 31.3. The zero-order chi connectivity index (χ0) is 95.8. The number of thiazole rings is 1. The summed E-state index contributed by atoms with van der Waals surface area (Å²) in [4.78, 5) is 217. The number of rotatable bonds is 58. The number of hydrogen-bond acceptors (Lipinski definition) is 27. The average Bonchev–Trinajstić information content (AvgIpc) is 1.79. The molecule has 24 N–H and O–H groups in total. The number of hydrazine groups is 1. The van der Waals surface area contributed by atoms with Gasteiger partial charge in [-0.15, -0.1) is 11.3 Å². The van der Waals surface area contributed by atoms with E-state index in [0.717, 1.165) is 45.8 Å². The number of hydrogen-bond donors (Lipinski definition) is 22. The van der Waals surface area contributed by atoms with Gasteiger partial charge in [0, 0.05) is 87.3 Å². The van der Waals surface area contributed by atoms with Crippen molar-refractivity contribution < 1.29 is 116 Å². The number of amides is 12. The summed E-state index contributed by atoms with van der Waals surface area (Å²) in [5.41, 5.74) is 17.1. The third-order valence-electron chi connectivity index (χ3n) is 20.5. The molecule has 1 unspecified atom stereocenters. The van der Waals surface area contributed by atoms with E-state index >= 15 is 4.79 Å². The molecule has 0 aliphatic carbocycles. The van der Waals surface area contributed by atoms with Gasteiger partial charge in [0.05, 0.1) is 12.5 Å². The zero-order valence-corrected chi connectivity index (χ0v) is 76.2. The Morgan fingerprint density at radius 3 is 1.81 bits per heavy atom. The third-order valence-corrected chi connectivity index (χ3v) is 23.8. The first-order valence-corrected chi connectivity index (χ1v) is 45.8. The van der Waals surface area contributed by atoms with Crippen LogP contribution in [0.4, 0.5) is 14.4 Å². The Hall–Kier alpha value is -12.0. The van der Waals surface area contributed by atoms with Crippen molar-refractivity contribution in [2.45, 2.75) is 237 Å². The van der Waals surface area contributed by atoms with Crippen molar-refractivity contribution in [3.05, 3.63) is 81.3 Å². The Balaban J connectivity index is 1.34. The molecule has 3 aromatic rings. The second-order valence-corrected chi connectivity index (χ2v) is 34.8. The molecule has 4 rings (SSSR count). The first-order chi connectivity index (χ1) is 61.2. The number of carboxylic acids is 4. The number of nitrogens with zero attached hydrogens (tertiary/aromatic N) is 3. The van der Waals surface area contributed by atoms with Gasteiger partial charge in [0.25, 0.3) is 5.91 Å². The molecular weight excluding hydrogens is 1750 g/mol. The van der Waals surface area contributed by atoms with Crippen LogP contribution in [0.1, 0.15) is 196 Å². The fraction of sp³-hybridized carbons (Fsp3) is 0.598. The molecule has 1 aromatic heterocycles. The third kappa shape index (κ3) is 42.6. The highest BCUT2D eigenvalue weighted by molar-refractivity contribution is 8.76. The Morgan fingerprint density at radius 1 is 0.636 bits per heavy atom. The summed E-state index contributed by atoms with van der Waals surface area (Å²) in [5.74, 6) is -14.0. The number of carbonyl (C=O) groups is 16. The van der Waals surface area contributed by atoms with E-state index in [-0.39, 0.29) is 167 Å². The molecule has 1 fully saturated rings. The number of benzene rings is 2. The number of phenolic OH excluding ortho intramolecular Hbond substituents is 1. The molecule has 1 saturated heterocycles. The van der Waals surface area contributed by atoms with Crippen molar-refractivity contribution in [3.8, 4) is 5.75 Å². The monoisotopic (exact) mass is 1870 g/mol. The maximum atomic E-state index is 15.1. The summed E-state index contributed by atoms with van der Waals surface area (Å²) >= 11 is 1.01. The van der Waals surface area contributed by atoms with E-state index in [1.807, 2.05) is 51.9 Å². The fourth-order valence-electron chi connectivity index (χ4n) is 13.3. The number of likely N-dealkylation sites (tertiary alicyclic amines) is 1. The van der Waals surface area contributed by atoms with Crippen LogP contribution in [0.3, 0.4) is 0 Å². The quantitative estimate of drug-likeness (QED) is 0.00564. The van der Waals surface area contributed by atoms with E-state index in [0.29, 0.717) is 42.5 Å². The first-order valence-electron chi connectivity index (χ1n) is 42.5. The molecule has 0 radical (unpaired) electrons. The van der Waals surface area contributed by atoms with Gasteiger partial charge in [-0.05, 0) is 138 Å². The van der Waals surface area contributed by atoms with E-state index < -0.39 is 175 Å². The van der Waals surface area contributed by atoms with Crippen molar-refractivity contribution >= 4 is 140 Å². The van der Waals surface area contributed by atoms with Crippen molar-refractivity contribution in [1.29, 1.82) is 10.8 Å². The highest BCUT2D eigenvalue weighted by Crippen LogP contribution is 2.33. The normalized spacial score (nSPS) is 15.0. The molecular formula is C82H126N20O24S3. The number of unbranched alkanes of at least 4 members (excludes halogenated alkanes) is 1. The number of carboxylic acid groups (broad SMARTS) is 4. The molecule has 44 nitrogen and oxygen atoms in total. The molecule has 716 valence electrons. The molecule has 0 spiro atoms. The number of piperidine rings is 1. The number of esters is 2. The van der Waals surface area contributed by atoms with Gasteiger partial charge in [-0.1, -0.05) is 112 Å². The molecule has 1 aliphatic heterocycles. The molecule has 0 bridgehead atoms. The molecule has 12 amide bonds. The van der Waals surface area contributed by atoms with Gasteiger partial charge in [-0.2, -0.15) is 0 Å². The number of phenols is 1. The van der Waals surface area contributed by atoms with Crippen LogP contribution in [0.2, 0.25) is 0 Å². The molecule has 1 aliphatic rings. The summed E-state index contributed by atoms with van der Waals surface area (Å²) in [5, 5.41) is 93.2. The van der Waals surface area contributed by atoms with Crippen molar-refractivity contribution in [2.75, 3.05) is 58.1 Å². The van der Waals surface area contributed by atoms with E-state index in [4.69, 9.17) is 41.6 Å². The molecule has 129 heavy (non-hydrogen) atoms. The van der Waals surface area contributed by atoms with E-state index in [1.54, 1.807) is 43.3 Å². The van der Waals surface area contributed by atoms with Crippen LogP contribution < -0.4 is 80.8 Å². The van der Waals surface area contributed by atoms with Gasteiger partial charge >= 0.3 is 54.0 Å². The van der Waals surface area contributed by atoms with Gasteiger partial charge in [-0.25, -0.2) is 39.2 Å². The maximum absolute atomic E-state index is 15.1. The fourth-order valence-corrected chi connectivity index (χ4v) is 16.1. The minimum Gasteiger partial charge on any atom is -0.508 e. The van der Waals surface area contributed by atoms with Crippen LogP contribution >= 0.6 is 32.9 Å². The lowest BCUT2D eigenvalue weighted by Crippen LogP contribution is -2.59. The Bertz CT molecular complexity index is 4230. The van der Waals surface area contributed by atoms with Gasteiger partial charge in [0.2, 0.25) is 35.4 Å². The van der Waals surface area contributed by atoms with Crippen LogP contribution in [-0.2, 0) is 91.1 Å². The summed E-state index contributed by atoms with van der Waals surface area (Å²) < 4.78 is 16.9. The number of nitrogens with two attached hydrogens (primary N) is 2. The zero-order valence-electron chi connectivity index (χ0n) is 73.7. The smallest absolute Gasteiger partial charge is 0.426 e. The van der Waals surface area contributed by atoms with Crippen molar-refractivity contribution in [1.82, 2.24) is 84.1 Å². The maximum Gasteiger partial charge on any atom is 0.426 e. The lowest BCUT2D eigenvalue weighted by Gasteiger charge is -2.39. The Kier molecular flexibility index (Phi) is 49.5. The van der Waals surface area contributed by atoms with Gasteiger partial charge in [0.1, 0.15) is 59.3 Å². The van der Waals surface area contributed by atoms with Gasteiger partial charge < -0.3 is 115 Å². The standard InChI is InChI=1S/C82H126N20O24S3/c1-9-17-66(108)125-45-102(74(114)67(47(5)10-2)98-72(113)61-21-12-14-35-101(61)8)62(46(3)4)41-63(126-49(7)103)73-95-59(43-127-73)71(112)91-53(39-50-26-28-54(104)29-27-50)38-48(6)68(109)99-100-82(123)124-36-37-128-129-44-60(77(119)120)94-70(111)56(20-16-34-88-79(85)86)93-69(110)55(19-15-33-87-78(83)84)92-64(105)40-51-22-24-52(25-23-51)42-90-80(121)89-32-13-11-18-57(75(115)116)96-81(122)97-58(76(117)118)30-31-65(106)107/h22-29,43,46-48,53,55-58,60-63,67,104H,9-21,30-42,44-45H2,1-8H3,(H,91,112)(H,92,105)(H,93,110)(H,94,111)(H,98,113)(H,99,109)(H,100,123)(H,106,107)(H,115,116)(H,117,118)(H,119,120)(H4,83,84,87)(H4,85,86,88)(H2,89,90,121)(H2,96,97,122)/t47?,48-,53+,55-,56-,57-,58-,60-,61+,62+,63+,67-/m0/s1. The van der Waals surface area contributed by atoms with Gasteiger partial charge in [-0.3, -0.25) is 69.1 Å². The summed E-state index contributed by atoms with van der Waals surface area (Å²) in [6.07, 6.45) is 0.620. The first kappa shape index (κ1) is 109. The Labute approximate surface area is 759 Å². The van der Waals surface area contributed by atoms with Crippen LogP contribution in [0, 0.1) is 28.6 Å². The number of ether oxygens (including phenoxy) is 3. The van der Waals surface area contributed by atoms with Crippen molar-refractivity contribution in [2.24, 2.45) is 29.2 Å². The number of guanidine groups is 2. The number of aromatic hydroxyl groups is 1. The number of urea groups is 2. The van der Waals surface area contributed by atoms with E-state index in [1.165, 1.54) is 29.3 Å². The number of nitrogens with one attached hydrogen (secondary N) is 15. The van der Waals surface area contributed by atoms with Gasteiger partial charge in [0.15, 0.2) is 24.8 Å². The highest BCUT2D eigenvalue weighted by Gasteiger charge is 2.41. The summed E-state index contributed by atoms with van der Waals surface area (Å²) in [7, 11) is 3.92. The van der Waals surface area contributed by atoms with Crippen molar-refractivity contribution in [3.63, 3.8) is 0 Å². The summed E-state index contributed by atoms with van der Waals surface area (Å²) in [6, 6.07) is 0.658. The van der Waals surface area contributed by atoms with Crippen LogP contribution in [-0.4, -0.2) is 260 Å². The van der Waals surface area contributed by atoms with E-state index in [2.05, 4.69) is 69.0 Å². The number of aliphatic carboxylic acids is 4. The van der Waals surface area contributed by atoms with Crippen LogP contribution in [0.15, 0.2) is 53.9 Å². The SMILES string of the molecule is CCCC(=O)OCN(C(=O)[C@@H](NC(=O)[C@H]1CCCCN1C)C(C)CC)[C@H](C[C@@H](OC(C)=O)c1nc(C(=O)N[C@@H](Cc2ccc(O)cc2)C[C@H](C)C(=O)NNC(=O)OCCSSC[C@H](NC(=O)[C@H](CCCNC(=N)N)NC(=O)[C@H](CCCNC(=N)N)NC(=O)Cc2ccc(CNC(=O)NCCCC[C@H](NC(=O)N[C@@H](CCC(=O)O)C(=O)O)C(=O)O)cc2)C(=O)O)cs1)C(C)C. The topological polar surface area (TPSA) is 677 Å². The number of aromatic nitrogens is 1. The number of likely N-dealkylation sites (N-methyl/N-ethyl adjacent to an activating group) is 1. The van der Waals surface area contributed by atoms with E-state index in [9.17, 15) is 92.3 Å². The lowest BCUT2D eigenvalue weighted by molar-refractivity contribution is -0.160. The molecule has 0 saturated carbocycles. The molecule has 12 atom stereocenters. The molecule has 2 heterocycles. The average molecular weight is 1870 g/mol. The second kappa shape index (κ2) is 58.4. The predicted octanol–water partition coefficient (Wildman–Crippen LogP) is 2.87. The minimum absolute atomic E-state index is 0.0206. The highest BCUT2D eigenvalue weighted by atomic mass is 33.1. The van der Waals surface area contributed by atoms with Crippen LogP contribution in [0.25, 0.3) is 0 Å². The Morgan fingerprint density at radius 2 is 1.22 bits per heavy atom. The predicted molar refractivity (Wildman–Crippen MR) is 476 cm³/mol. The molecule has 2 aromatic carbocycles. The van der Waals surface area contributed by atoms with Crippen LogP contribution in [0.5, 0.6) is 5.75 Å². The minimum atomic E-state index is -1.57.